The Balaban J connectivity index is 1.41. The third-order valence-corrected chi connectivity index (χ3v) is 8.35. The number of carbonyl (C=O) groups excluding carboxylic acids is 1. The second-order valence-electron chi connectivity index (χ2n) is 7.95. The fourth-order valence-corrected chi connectivity index (χ4v) is 5.96. The number of benzene rings is 2. The van der Waals surface area contributed by atoms with Crippen LogP contribution in [0.25, 0.3) is 0 Å². The van der Waals surface area contributed by atoms with Crippen LogP contribution in [0.1, 0.15) is 24.0 Å². The van der Waals surface area contributed by atoms with Gasteiger partial charge in [-0.2, -0.15) is 4.31 Å². The van der Waals surface area contributed by atoms with Crippen molar-refractivity contribution in [3.63, 3.8) is 0 Å². The average molecular weight is 482 g/mol. The maximum Gasteiger partial charge on any atom is 0.244 e. The van der Waals surface area contributed by atoms with Gasteiger partial charge >= 0.3 is 0 Å². The van der Waals surface area contributed by atoms with Crippen molar-refractivity contribution in [2.45, 2.75) is 35.9 Å². The van der Waals surface area contributed by atoms with Crippen molar-refractivity contribution in [2.24, 2.45) is 0 Å². The second kappa shape index (κ2) is 11.0. The van der Waals surface area contributed by atoms with E-state index in [0.717, 1.165) is 24.0 Å². The highest BCUT2D eigenvalue weighted by atomic mass is 32.2. The standard InChI is InChI=1S/C25H27N3O3S2/c29-25(27(18-21-9-3-1-4-10-21)19-22-11-5-2-6-12-22)20-32-24-14-13-23(17-26-24)33(30,31)28-15-7-8-16-28/h1-6,9-14,17H,7-8,15-16,18-20H2. The van der Waals surface area contributed by atoms with Crippen LogP contribution in [0.5, 0.6) is 0 Å². The summed E-state index contributed by atoms with van der Waals surface area (Å²) in [7, 11) is -3.48. The molecule has 6 nitrogen and oxygen atoms in total. The van der Waals surface area contributed by atoms with Gasteiger partial charge in [-0.3, -0.25) is 4.79 Å². The zero-order chi connectivity index (χ0) is 23.1. The third-order valence-electron chi connectivity index (χ3n) is 5.54. The quantitative estimate of drug-likeness (QED) is 0.429. The fourth-order valence-electron chi connectivity index (χ4n) is 3.75. The summed E-state index contributed by atoms with van der Waals surface area (Å²) in [5.74, 6) is 0.230. The molecule has 0 spiro atoms. The molecule has 4 rings (SSSR count). The van der Waals surface area contributed by atoms with E-state index >= 15 is 0 Å². The van der Waals surface area contributed by atoms with E-state index in [4.69, 9.17) is 0 Å². The van der Waals surface area contributed by atoms with Crippen LogP contribution in [-0.4, -0.2) is 47.4 Å². The lowest BCUT2D eigenvalue weighted by molar-refractivity contribution is -0.129. The molecule has 0 unspecified atom stereocenters. The van der Waals surface area contributed by atoms with Crippen molar-refractivity contribution in [1.29, 1.82) is 0 Å². The number of sulfonamides is 1. The minimum Gasteiger partial charge on any atom is -0.333 e. The normalized spacial score (nSPS) is 14.3. The van der Waals surface area contributed by atoms with Crippen LogP contribution >= 0.6 is 11.8 Å². The Labute approximate surface area is 199 Å². The molecule has 1 aliphatic heterocycles. The van der Waals surface area contributed by atoms with Crippen LogP contribution in [0.3, 0.4) is 0 Å². The number of aromatic nitrogens is 1. The third kappa shape index (κ3) is 6.22. The molecule has 1 saturated heterocycles. The van der Waals surface area contributed by atoms with Crippen molar-refractivity contribution in [3.05, 3.63) is 90.1 Å². The second-order valence-corrected chi connectivity index (χ2v) is 10.9. The van der Waals surface area contributed by atoms with E-state index in [1.807, 2.05) is 65.6 Å². The van der Waals surface area contributed by atoms with Gasteiger partial charge in [-0.25, -0.2) is 13.4 Å². The Hall–Kier alpha value is -2.68. The van der Waals surface area contributed by atoms with E-state index < -0.39 is 10.0 Å². The molecule has 0 N–H and O–H groups in total. The van der Waals surface area contributed by atoms with Crippen LogP contribution in [0.2, 0.25) is 0 Å². The molecule has 2 heterocycles. The molecular formula is C25H27N3O3S2. The molecule has 1 fully saturated rings. The average Bonchev–Trinajstić information content (AvgIpc) is 3.40. The maximum absolute atomic E-state index is 13.1. The molecule has 0 bridgehead atoms. The van der Waals surface area contributed by atoms with E-state index in [9.17, 15) is 13.2 Å². The molecule has 1 amide bonds. The Morgan fingerprint density at radius 1 is 0.879 bits per heavy atom. The summed E-state index contributed by atoms with van der Waals surface area (Å²) in [6, 6.07) is 23.1. The van der Waals surface area contributed by atoms with Gasteiger partial charge in [0.05, 0.1) is 10.8 Å². The molecule has 1 aromatic heterocycles. The van der Waals surface area contributed by atoms with Crippen LogP contribution in [0, 0.1) is 0 Å². The van der Waals surface area contributed by atoms with E-state index in [0.29, 0.717) is 31.2 Å². The summed E-state index contributed by atoms with van der Waals surface area (Å²) in [6.07, 6.45) is 3.18. The molecule has 33 heavy (non-hydrogen) atoms. The summed E-state index contributed by atoms with van der Waals surface area (Å²) >= 11 is 1.32. The Morgan fingerprint density at radius 3 is 1.97 bits per heavy atom. The Kier molecular flexibility index (Phi) is 7.80. The van der Waals surface area contributed by atoms with Gasteiger partial charge in [-0.1, -0.05) is 72.4 Å². The fraction of sp³-hybridized carbons (Fsp3) is 0.280. The molecule has 0 aliphatic carbocycles. The smallest absolute Gasteiger partial charge is 0.244 e. The first-order valence-electron chi connectivity index (χ1n) is 11.0. The van der Waals surface area contributed by atoms with Gasteiger partial charge in [0, 0.05) is 32.4 Å². The zero-order valence-corrected chi connectivity index (χ0v) is 20.0. The molecular weight excluding hydrogens is 454 g/mol. The van der Waals surface area contributed by atoms with Gasteiger partial charge in [0.15, 0.2) is 0 Å². The van der Waals surface area contributed by atoms with Crippen LogP contribution in [0.4, 0.5) is 0 Å². The van der Waals surface area contributed by atoms with Gasteiger partial charge in [0.1, 0.15) is 4.90 Å². The summed E-state index contributed by atoms with van der Waals surface area (Å²) in [5, 5.41) is 0.628. The topological polar surface area (TPSA) is 70.6 Å². The van der Waals surface area contributed by atoms with Crippen molar-refractivity contribution < 1.29 is 13.2 Å². The highest BCUT2D eigenvalue weighted by molar-refractivity contribution is 7.99. The molecule has 0 radical (unpaired) electrons. The van der Waals surface area contributed by atoms with E-state index in [1.54, 1.807) is 12.1 Å². The lowest BCUT2D eigenvalue weighted by atomic mass is 10.1. The van der Waals surface area contributed by atoms with Gasteiger partial charge in [0.25, 0.3) is 0 Å². The number of carbonyl (C=O) groups is 1. The summed E-state index contributed by atoms with van der Waals surface area (Å²) in [5.41, 5.74) is 2.14. The number of nitrogens with zero attached hydrogens (tertiary/aromatic N) is 3. The van der Waals surface area contributed by atoms with Crippen LogP contribution in [0.15, 0.2) is 88.9 Å². The molecule has 8 heteroatoms. The highest BCUT2D eigenvalue weighted by Gasteiger charge is 2.27. The summed E-state index contributed by atoms with van der Waals surface area (Å²) in [6.45, 7) is 2.17. The molecule has 0 saturated carbocycles. The van der Waals surface area contributed by atoms with Gasteiger partial charge in [0.2, 0.25) is 15.9 Å². The van der Waals surface area contributed by atoms with Crippen LogP contribution in [-0.2, 0) is 27.9 Å². The lowest BCUT2D eigenvalue weighted by Gasteiger charge is -2.23. The number of hydrogen-bond acceptors (Lipinski definition) is 5. The summed E-state index contributed by atoms with van der Waals surface area (Å²) < 4.78 is 26.8. The van der Waals surface area contributed by atoms with Gasteiger partial charge in [-0.05, 0) is 36.1 Å². The number of pyridine rings is 1. The predicted octanol–water partition coefficient (Wildman–Crippen LogP) is 4.19. The zero-order valence-electron chi connectivity index (χ0n) is 18.3. The molecule has 172 valence electrons. The molecule has 2 aromatic carbocycles. The van der Waals surface area contributed by atoms with Gasteiger partial charge in [-0.15, -0.1) is 0 Å². The minimum absolute atomic E-state index is 0.00303. The first kappa shape index (κ1) is 23.5. The SMILES string of the molecule is O=C(CSc1ccc(S(=O)(=O)N2CCCC2)cn1)N(Cc1ccccc1)Cc1ccccc1. The van der Waals surface area contributed by atoms with Crippen molar-refractivity contribution >= 4 is 27.7 Å². The maximum atomic E-state index is 13.1. The lowest BCUT2D eigenvalue weighted by Crippen LogP contribution is -2.31. The Bertz CT molecular complexity index is 1110. The highest BCUT2D eigenvalue weighted by Crippen LogP contribution is 2.23. The molecule has 0 atom stereocenters. The number of hydrogen-bond donors (Lipinski definition) is 0. The summed E-state index contributed by atoms with van der Waals surface area (Å²) in [4.78, 5) is 19.4. The Morgan fingerprint density at radius 2 is 1.45 bits per heavy atom. The van der Waals surface area contributed by atoms with Crippen molar-refractivity contribution in [2.75, 3.05) is 18.8 Å². The van der Waals surface area contributed by atoms with Crippen LogP contribution < -0.4 is 0 Å². The van der Waals surface area contributed by atoms with Crippen molar-refractivity contribution in [3.8, 4) is 0 Å². The monoisotopic (exact) mass is 481 g/mol. The van der Waals surface area contributed by atoms with E-state index in [-0.39, 0.29) is 16.6 Å². The first-order chi connectivity index (χ1) is 16.0. The predicted molar refractivity (Wildman–Crippen MR) is 130 cm³/mol. The number of amides is 1. The van der Waals surface area contributed by atoms with E-state index in [2.05, 4.69) is 4.98 Å². The molecule has 3 aromatic rings. The largest absolute Gasteiger partial charge is 0.333 e. The van der Waals surface area contributed by atoms with E-state index in [1.165, 1.54) is 22.3 Å². The number of rotatable bonds is 9. The van der Waals surface area contributed by atoms with Gasteiger partial charge < -0.3 is 4.90 Å². The molecule has 1 aliphatic rings. The minimum atomic E-state index is -3.48. The number of thioether (sulfide) groups is 1. The van der Waals surface area contributed by atoms with Crippen molar-refractivity contribution in [1.82, 2.24) is 14.2 Å². The first-order valence-corrected chi connectivity index (χ1v) is 13.4.